The fourth-order valence-corrected chi connectivity index (χ4v) is 4.88. The number of rotatable bonds is 3. The molecule has 0 bridgehead atoms. The second-order valence-electron chi connectivity index (χ2n) is 5.50. The summed E-state index contributed by atoms with van der Waals surface area (Å²) in [5.74, 6) is 0. The number of benzene rings is 2. The van der Waals surface area contributed by atoms with E-state index in [1.807, 2.05) is 13.8 Å². The first-order valence-corrected chi connectivity index (χ1v) is 9.07. The topological polar surface area (TPSA) is 37.1 Å². The molecule has 0 saturated carbocycles. The Morgan fingerprint density at radius 2 is 1.68 bits per heavy atom. The van der Waals surface area contributed by atoms with Crippen molar-refractivity contribution >= 4 is 33.2 Å². The van der Waals surface area contributed by atoms with E-state index in [1.54, 1.807) is 42.5 Å². The maximum atomic E-state index is 12.7. The molecule has 1 aliphatic heterocycles. The van der Waals surface area contributed by atoms with Crippen LogP contribution in [0.3, 0.4) is 0 Å². The van der Waals surface area contributed by atoms with Crippen molar-refractivity contribution in [3.8, 4) is 0 Å². The lowest BCUT2D eigenvalue weighted by atomic mass is 10.1. The van der Waals surface area contributed by atoms with E-state index in [4.69, 9.17) is 23.2 Å². The Morgan fingerprint density at radius 3 is 2.32 bits per heavy atom. The van der Waals surface area contributed by atoms with E-state index in [-0.39, 0.29) is 12.1 Å². The number of nitrogens with zero attached hydrogens (tertiary/aromatic N) is 1. The van der Waals surface area contributed by atoms with Gasteiger partial charge in [-0.15, -0.1) is 0 Å². The summed E-state index contributed by atoms with van der Waals surface area (Å²) in [5.41, 5.74) is 1.77. The van der Waals surface area contributed by atoms with Crippen LogP contribution >= 0.6 is 23.2 Å². The molecule has 3 unspecified atom stereocenters. The summed E-state index contributed by atoms with van der Waals surface area (Å²) in [6.45, 7) is 3.79. The first kappa shape index (κ1) is 15.8. The van der Waals surface area contributed by atoms with Gasteiger partial charge in [-0.25, -0.2) is 8.42 Å². The van der Waals surface area contributed by atoms with Gasteiger partial charge in [0.1, 0.15) is 0 Å². The molecular formula is C16H15Cl2NO2S. The van der Waals surface area contributed by atoms with Gasteiger partial charge in [-0.3, -0.25) is 0 Å². The second-order valence-corrected chi connectivity index (χ2v) is 8.19. The van der Waals surface area contributed by atoms with Crippen molar-refractivity contribution in [1.82, 2.24) is 4.31 Å². The Bertz CT molecular complexity index is 819. The van der Waals surface area contributed by atoms with E-state index in [0.29, 0.717) is 14.9 Å². The molecule has 3 rings (SSSR count). The van der Waals surface area contributed by atoms with Gasteiger partial charge in [0.25, 0.3) is 0 Å². The van der Waals surface area contributed by atoms with E-state index >= 15 is 0 Å². The number of sulfonamides is 1. The van der Waals surface area contributed by atoms with Crippen LogP contribution in [0.15, 0.2) is 47.4 Å². The lowest BCUT2D eigenvalue weighted by Gasteiger charge is -2.08. The third-order valence-electron chi connectivity index (χ3n) is 3.92. The average Bonchev–Trinajstić information content (AvgIpc) is 3.14. The van der Waals surface area contributed by atoms with Gasteiger partial charge in [0.05, 0.1) is 10.9 Å². The zero-order valence-electron chi connectivity index (χ0n) is 12.1. The standard InChI is InChI=1S/C16H15Cl2NO2S/c1-10-3-6-13(7-4-10)22(20,21)19-11(2)16(19)14-9-12(17)5-8-15(14)18/h3-9,11,16H,1-2H3. The molecule has 6 heteroatoms. The molecule has 1 aliphatic rings. The maximum Gasteiger partial charge on any atom is 0.243 e. The van der Waals surface area contributed by atoms with Crippen LogP contribution in [0.1, 0.15) is 24.1 Å². The van der Waals surface area contributed by atoms with Gasteiger partial charge in [-0.05, 0) is 49.7 Å². The Kier molecular flexibility index (Phi) is 3.98. The minimum atomic E-state index is -3.53. The summed E-state index contributed by atoms with van der Waals surface area (Å²) in [6, 6.07) is 11.6. The van der Waals surface area contributed by atoms with Gasteiger partial charge >= 0.3 is 0 Å². The van der Waals surface area contributed by atoms with E-state index in [9.17, 15) is 8.42 Å². The predicted molar refractivity (Wildman–Crippen MR) is 88.9 cm³/mol. The summed E-state index contributed by atoms with van der Waals surface area (Å²) in [5, 5.41) is 1.08. The minimum absolute atomic E-state index is 0.137. The van der Waals surface area contributed by atoms with Crippen LogP contribution < -0.4 is 0 Å². The summed E-state index contributed by atoms with van der Waals surface area (Å²) in [7, 11) is -3.53. The lowest BCUT2D eigenvalue weighted by Crippen LogP contribution is -2.14. The van der Waals surface area contributed by atoms with Crippen molar-refractivity contribution in [3.63, 3.8) is 0 Å². The molecule has 0 amide bonds. The SMILES string of the molecule is Cc1ccc(S(=O)(=O)N2C(C)C2c2cc(Cl)ccc2Cl)cc1. The van der Waals surface area contributed by atoms with Gasteiger partial charge in [-0.1, -0.05) is 40.9 Å². The normalized spacial score (nSPS) is 24.3. The number of hydrogen-bond donors (Lipinski definition) is 0. The van der Waals surface area contributed by atoms with Gasteiger partial charge in [0, 0.05) is 16.1 Å². The monoisotopic (exact) mass is 355 g/mol. The third-order valence-corrected chi connectivity index (χ3v) is 6.48. The fraction of sp³-hybridized carbons (Fsp3) is 0.250. The largest absolute Gasteiger partial charge is 0.243 e. The Morgan fingerprint density at radius 1 is 1.05 bits per heavy atom. The number of hydrogen-bond acceptors (Lipinski definition) is 2. The molecule has 2 aromatic carbocycles. The van der Waals surface area contributed by atoms with E-state index < -0.39 is 10.0 Å². The van der Waals surface area contributed by atoms with Gasteiger partial charge < -0.3 is 0 Å². The molecule has 116 valence electrons. The molecule has 2 aromatic rings. The van der Waals surface area contributed by atoms with Crippen LogP contribution in [-0.4, -0.2) is 18.8 Å². The number of aryl methyl sites for hydroxylation is 1. The second kappa shape index (κ2) is 5.53. The first-order valence-electron chi connectivity index (χ1n) is 6.87. The summed E-state index contributed by atoms with van der Waals surface area (Å²) < 4.78 is 27.0. The quantitative estimate of drug-likeness (QED) is 0.763. The van der Waals surface area contributed by atoms with Crippen molar-refractivity contribution in [2.45, 2.75) is 30.8 Å². The highest BCUT2D eigenvalue weighted by Gasteiger charge is 2.54. The van der Waals surface area contributed by atoms with Crippen LogP contribution in [0, 0.1) is 6.92 Å². The Balaban J connectivity index is 1.96. The van der Waals surface area contributed by atoms with E-state index in [1.165, 1.54) is 4.31 Å². The van der Waals surface area contributed by atoms with Crippen LogP contribution in [0.25, 0.3) is 0 Å². The molecule has 0 aromatic heterocycles. The summed E-state index contributed by atoms with van der Waals surface area (Å²) in [4.78, 5) is 0.297. The van der Waals surface area contributed by atoms with Crippen LogP contribution in [0.2, 0.25) is 10.0 Å². The zero-order chi connectivity index (χ0) is 16.1. The molecular weight excluding hydrogens is 341 g/mol. The lowest BCUT2D eigenvalue weighted by molar-refractivity contribution is 0.548. The highest BCUT2D eigenvalue weighted by molar-refractivity contribution is 7.89. The number of halogens is 2. The zero-order valence-corrected chi connectivity index (χ0v) is 14.5. The minimum Gasteiger partial charge on any atom is -0.207 e. The fourth-order valence-electron chi connectivity index (χ4n) is 2.66. The molecule has 1 heterocycles. The van der Waals surface area contributed by atoms with Crippen molar-refractivity contribution < 1.29 is 8.42 Å². The molecule has 0 radical (unpaired) electrons. The van der Waals surface area contributed by atoms with E-state index in [2.05, 4.69) is 0 Å². The van der Waals surface area contributed by atoms with Crippen LogP contribution in [-0.2, 0) is 10.0 Å². The van der Waals surface area contributed by atoms with E-state index in [0.717, 1.165) is 11.1 Å². The molecule has 3 nitrogen and oxygen atoms in total. The Hall–Kier alpha value is -1.07. The smallest absolute Gasteiger partial charge is 0.207 e. The predicted octanol–water partition coefficient (Wildman–Crippen LogP) is 4.44. The highest BCUT2D eigenvalue weighted by Crippen LogP contribution is 2.49. The van der Waals surface area contributed by atoms with Crippen molar-refractivity contribution in [3.05, 3.63) is 63.6 Å². The first-order chi connectivity index (χ1) is 10.3. The molecule has 1 saturated heterocycles. The molecule has 0 spiro atoms. The maximum absolute atomic E-state index is 12.7. The van der Waals surface area contributed by atoms with Crippen molar-refractivity contribution in [2.75, 3.05) is 0 Å². The summed E-state index contributed by atoms with van der Waals surface area (Å²) >= 11 is 12.2. The molecule has 22 heavy (non-hydrogen) atoms. The highest BCUT2D eigenvalue weighted by atomic mass is 35.5. The van der Waals surface area contributed by atoms with Crippen LogP contribution in [0.4, 0.5) is 0 Å². The van der Waals surface area contributed by atoms with Gasteiger partial charge in [-0.2, -0.15) is 4.31 Å². The average molecular weight is 356 g/mol. The van der Waals surface area contributed by atoms with Gasteiger partial charge in [0.2, 0.25) is 10.0 Å². The Labute approximate surface area is 140 Å². The molecule has 0 N–H and O–H groups in total. The molecule has 1 fully saturated rings. The molecule has 0 aliphatic carbocycles. The van der Waals surface area contributed by atoms with Crippen LogP contribution in [0.5, 0.6) is 0 Å². The van der Waals surface area contributed by atoms with Gasteiger partial charge in [0.15, 0.2) is 0 Å². The summed E-state index contributed by atoms with van der Waals surface area (Å²) in [6.07, 6.45) is 0. The van der Waals surface area contributed by atoms with Crippen molar-refractivity contribution in [1.29, 1.82) is 0 Å². The van der Waals surface area contributed by atoms with Crippen molar-refractivity contribution in [2.24, 2.45) is 0 Å². The molecule has 3 atom stereocenters. The third kappa shape index (κ3) is 2.65.